The van der Waals surface area contributed by atoms with E-state index in [0.29, 0.717) is 18.0 Å². The van der Waals surface area contributed by atoms with E-state index >= 15 is 0 Å². The van der Waals surface area contributed by atoms with Gasteiger partial charge in [0.15, 0.2) is 12.0 Å². The summed E-state index contributed by atoms with van der Waals surface area (Å²) in [6, 6.07) is 9.78. The summed E-state index contributed by atoms with van der Waals surface area (Å²) >= 11 is 0. The molecule has 1 heterocycles. The van der Waals surface area contributed by atoms with E-state index in [-0.39, 0.29) is 11.8 Å². The van der Waals surface area contributed by atoms with Crippen molar-refractivity contribution >= 4 is 11.6 Å². The third kappa shape index (κ3) is 3.20. The second-order valence-corrected chi connectivity index (χ2v) is 5.62. The van der Waals surface area contributed by atoms with Gasteiger partial charge in [-0.3, -0.25) is 4.79 Å². The van der Waals surface area contributed by atoms with Crippen LogP contribution in [0.25, 0.3) is 0 Å². The van der Waals surface area contributed by atoms with E-state index in [2.05, 4.69) is 4.99 Å². The number of allylic oxidation sites excluding steroid dienone is 2. The Bertz CT molecular complexity index is 588. The van der Waals surface area contributed by atoms with Crippen molar-refractivity contribution in [2.24, 2.45) is 4.99 Å². The Hall–Kier alpha value is -1.97. The molecule has 0 bridgehead atoms. The van der Waals surface area contributed by atoms with Crippen LogP contribution in [0.3, 0.4) is 0 Å². The van der Waals surface area contributed by atoms with Crippen LogP contribution in [0.15, 0.2) is 46.6 Å². The first-order chi connectivity index (χ1) is 9.91. The van der Waals surface area contributed by atoms with Crippen molar-refractivity contribution in [3.8, 4) is 0 Å². The number of halogens is 1. The fraction of sp³-hybridized carbons (Fsp3) is 0.412. The van der Waals surface area contributed by atoms with Crippen LogP contribution in [-0.4, -0.2) is 29.7 Å². The van der Waals surface area contributed by atoms with Crippen LogP contribution in [0, 0.1) is 0 Å². The molecule has 1 aromatic rings. The highest BCUT2D eigenvalue weighted by atomic mass is 19.1. The van der Waals surface area contributed by atoms with Crippen molar-refractivity contribution in [3.63, 3.8) is 0 Å². The molecule has 1 saturated heterocycles. The number of carbonyl (C=O) groups is 1. The maximum absolute atomic E-state index is 14.4. The molecule has 0 aromatic heterocycles. The lowest BCUT2D eigenvalue weighted by Gasteiger charge is -2.22. The molecule has 4 heteroatoms. The summed E-state index contributed by atoms with van der Waals surface area (Å²) in [5.74, 6) is 0.210. The molecule has 0 amide bonds. The molecule has 0 radical (unpaired) electrons. The number of ketones is 1. The summed E-state index contributed by atoms with van der Waals surface area (Å²) in [4.78, 5) is 17.8. The number of nitrogens with zero attached hydrogens (tertiary/aromatic N) is 2. The molecule has 112 valence electrons. The molecule has 1 fully saturated rings. The predicted octanol–water partition coefficient (Wildman–Crippen LogP) is 3.68. The zero-order valence-electron chi connectivity index (χ0n) is 12.9. The number of alkyl halides is 1. The van der Waals surface area contributed by atoms with E-state index in [1.54, 1.807) is 0 Å². The van der Waals surface area contributed by atoms with Gasteiger partial charge in [-0.1, -0.05) is 30.3 Å². The normalized spacial score (nSPS) is 23.5. The van der Waals surface area contributed by atoms with Gasteiger partial charge in [-0.2, -0.15) is 0 Å². The molecule has 1 aliphatic heterocycles. The fourth-order valence-corrected chi connectivity index (χ4v) is 2.68. The first-order valence-corrected chi connectivity index (χ1v) is 7.10. The van der Waals surface area contributed by atoms with Gasteiger partial charge in [0.1, 0.15) is 11.5 Å². The highest BCUT2D eigenvalue weighted by Crippen LogP contribution is 2.34. The Balaban J connectivity index is 2.35. The summed E-state index contributed by atoms with van der Waals surface area (Å²) in [6.07, 6.45) is -0.776. The van der Waals surface area contributed by atoms with E-state index in [9.17, 15) is 9.18 Å². The molecular formula is C17H21FN2O. The minimum Gasteiger partial charge on any atom is -0.353 e. The number of rotatable bonds is 3. The van der Waals surface area contributed by atoms with Crippen LogP contribution >= 0.6 is 0 Å². The van der Waals surface area contributed by atoms with E-state index in [0.717, 1.165) is 11.1 Å². The van der Waals surface area contributed by atoms with Crippen LogP contribution in [0.1, 0.15) is 38.8 Å². The number of benzene rings is 1. The number of hydrogen-bond acceptors (Lipinski definition) is 2. The first-order valence-electron chi connectivity index (χ1n) is 7.10. The highest BCUT2D eigenvalue weighted by Gasteiger charge is 2.36. The lowest BCUT2D eigenvalue weighted by Crippen LogP contribution is -2.26. The number of hydrogen-bond donors (Lipinski definition) is 0. The van der Waals surface area contributed by atoms with Crippen LogP contribution in [-0.2, 0) is 4.79 Å². The third-order valence-electron chi connectivity index (χ3n) is 3.76. The number of likely N-dealkylation sites (tertiary alicyclic amines) is 1. The molecule has 3 nitrogen and oxygen atoms in total. The second kappa shape index (κ2) is 6.20. The minimum atomic E-state index is -1.14. The Labute approximate surface area is 125 Å². The number of carbonyl (C=O) groups excluding carboxylic acids is 1. The quantitative estimate of drug-likeness (QED) is 0.795. The lowest BCUT2D eigenvalue weighted by atomic mass is 10.0. The van der Waals surface area contributed by atoms with Gasteiger partial charge in [-0.25, -0.2) is 9.38 Å². The molecule has 1 aromatic carbocycles. The van der Waals surface area contributed by atoms with Crippen molar-refractivity contribution in [3.05, 3.63) is 47.2 Å². The SMILES string of the molecule is CC(=O)C(N=C1C(F)CC(c2ccccc2)N1C)=C(C)C. The van der Waals surface area contributed by atoms with E-state index < -0.39 is 6.17 Å². The monoisotopic (exact) mass is 288 g/mol. The lowest BCUT2D eigenvalue weighted by molar-refractivity contribution is -0.113. The molecular weight excluding hydrogens is 267 g/mol. The van der Waals surface area contributed by atoms with E-state index in [1.807, 2.05) is 56.1 Å². The maximum atomic E-state index is 14.4. The smallest absolute Gasteiger partial charge is 0.178 e. The molecule has 0 N–H and O–H groups in total. The van der Waals surface area contributed by atoms with Crippen molar-refractivity contribution in [1.29, 1.82) is 0 Å². The van der Waals surface area contributed by atoms with Gasteiger partial charge in [0.25, 0.3) is 0 Å². The predicted molar refractivity (Wildman–Crippen MR) is 82.9 cm³/mol. The molecule has 0 saturated carbocycles. The van der Waals surface area contributed by atoms with Gasteiger partial charge in [0, 0.05) is 20.4 Å². The van der Waals surface area contributed by atoms with Crippen molar-refractivity contribution in [2.45, 2.75) is 39.4 Å². The zero-order chi connectivity index (χ0) is 15.6. The maximum Gasteiger partial charge on any atom is 0.178 e. The largest absolute Gasteiger partial charge is 0.353 e. The van der Waals surface area contributed by atoms with Gasteiger partial charge in [-0.05, 0) is 25.0 Å². The van der Waals surface area contributed by atoms with Crippen LogP contribution in [0.5, 0.6) is 0 Å². The molecule has 1 aliphatic rings. The summed E-state index contributed by atoms with van der Waals surface area (Å²) in [5.41, 5.74) is 2.22. The average Bonchev–Trinajstić information content (AvgIpc) is 2.72. The van der Waals surface area contributed by atoms with Gasteiger partial charge < -0.3 is 4.90 Å². The molecule has 2 rings (SSSR count). The average molecular weight is 288 g/mol. The number of amidine groups is 1. The Morgan fingerprint density at radius 1 is 1.24 bits per heavy atom. The minimum absolute atomic E-state index is 0.0367. The Morgan fingerprint density at radius 2 is 1.86 bits per heavy atom. The molecule has 0 aliphatic carbocycles. The first kappa shape index (κ1) is 15.4. The van der Waals surface area contributed by atoms with Crippen LogP contribution in [0.4, 0.5) is 4.39 Å². The third-order valence-corrected chi connectivity index (χ3v) is 3.76. The Morgan fingerprint density at radius 3 is 2.38 bits per heavy atom. The Kier molecular flexibility index (Phi) is 4.56. The number of aliphatic imine (C=N–C) groups is 1. The molecule has 2 unspecified atom stereocenters. The van der Waals surface area contributed by atoms with Gasteiger partial charge in [-0.15, -0.1) is 0 Å². The standard InChI is InChI=1S/C17H21FN2O/c1-11(2)16(12(3)21)19-17-14(18)10-15(20(17)4)13-8-6-5-7-9-13/h5-9,14-15H,10H2,1-4H3. The van der Waals surface area contributed by atoms with Crippen molar-refractivity contribution in [2.75, 3.05) is 7.05 Å². The second-order valence-electron chi connectivity index (χ2n) is 5.62. The topological polar surface area (TPSA) is 32.7 Å². The zero-order valence-corrected chi connectivity index (χ0v) is 12.9. The van der Waals surface area contributed by atoms with Gasteiger partial charge >= 0.3 is 0 Å². The van der Waals surface area contributed by atoms with E-state index in [4.69, 9.17) is 0 Å². The summed E-state index contributed by atoms with van der Waals surface area (Å²) in [7, 11) is 1.83. The van der Waals surface area contributed by atoms with Crippen molar-refractivity contribution < 1.29 is 9.18 Å². The van der Waals surface area contributed by atoms with Crippen LogP contribution < -0.4 is 0 Å². The summed E-state index contributed by atoms with van der Waals surface area (Å²) in [5, 5.41) is 0. The van der Waals surface area contributed by atoms with Gasteiger partial charge in [0.05, 0.1) is 6.04 Å². The van der Waals surface area contributed by atoms with E-state index in [1.165, 1.54) is 6.92 Å². The van der Waals surface area contributed by atoms with Gasteiger partial charge in [0.2, 0.25) is 0 Å². The summed E-state index contributed by atoms with van der Waals surface area (Å²) in [6.45, 7) is 5.10. The molecule has 0 spiro atoms. The van der Waals surface area contributed by atoms with Crippen molar-refractivity contribution in [1.82, 2.24) is 4.90 Å². The molecule has 21 heavy (non-hydrogen) atoms. The number of Topliss-reactive ketones (excluding diaryl/α,β-unsaturated/α-hetero) is 1. The van der Waals surface area contributed by atoms with Crippen LogP contribution in [0.2, 0.25) is 0 Å². The summed E-state index contributed by atoms with van der Waals surface area (Å²) < 4.78 is 14.4. The molecule has 2 atom stereocenters. The highest BCUT2D eigenvalue weighted by molar-refractivity contribution is 5.99. The fourth-order valence-electron chi connectivity index (χ4n) is 2.68.